The number of aliphatic hydroxyl groups excluding tert-OH is 1. The maximum Gasteiger partial charge on any atom is 1.00 e. The number of hydrogen-bond donors (Lipinski definition) is 2. The van der Waals surface area contributed by atoms with Gasteiger partial charge < -0.3 is 52.4 Å². The van der Waals surface area contributed by atoms with Crippen molar-refractivity contribution < 1.29 is 199 Å². The topological polar surface area (TPSA) is 284 Å². The number of aliphatic hydroxyl groups is 1. The molecule has 40 heteroatoms. The molecule has 3 unspecified atom stereocenters. The quantitative estimate of drug-likeness (QED) is 0.0338. The first-order chi connectivity index (χ1) is 33.1. The van der Waals surface area contributed by atoms with Crippen LogP contribution in [0.5, 0.6) is 0 Å². The Morgan fingerprint density at radius 3 is 0.987 bits per heavy atom. The van der Waals surface area contributed by atoms with E-state index in [1.165, 1.54) is 6.92 Å². The number of carboxylic acids is 1. The molecule has 0 saturated heterocycles. The summed E-state index contributed by atoms with van der Waals surface area (Å²) in [5.74, 6) is -7.27. The zero-order valence-corrected chi connectivity index (χ0v) is 55.6. The molecule has 0 saturated carbocycles. The molecule has 17 nitrogen and oxygen atoms in total. The molecule has 0 aliphatic heterocycles. The third kappa shape index (κ3) is 76.5. The van der Waals surface area contributed by atoms with Gasteiger partial charge in [0.05, 0.1) is 72.2 Å². The van der Waals surface area contributed by atoms with Crippen LogP contribution in [0, 0.1) is 0 Å². The minimum Gasteiger partial charge on any atom is -1.00 e. The van der Waals surface area contributed by atoms with Crippen molar-refractivity contribution in [2.75, 3.05) is 79.5 Å². The summed E-state index contributed by atoms with van der Waals surface area (Å²) in [6.07, 6.45) is -18.8. The van der Waals surface area contributed by atoms with Crippen molar-refractivity contribution in [3.05, 3.63) is 0 Å². The first-order valence-electron chi connectivity index (χ1n) is 20.9. The first-order valence-corrected chi connectivity index (χ1v) is 29.1. The van der Waals surface area contributed by atoms with Crippen LogP contribution < -0.4 is 81.9 Å². The number of esters is 3. The van der Waals surface area contributed by atoms with Gasteiger partial charge in [-0.05, 0) is 61.9 Å². The SMILES string of the molecule is CC(F)(CCS(=O)(=O)CCC(=O)[O-])C(F)(F)F.CC(F)(CCS(=O)(=O)Cl)C(F)(F)F.CCCC(=O)OCC.CCO.CCOC(=O)CCS(=O)(=O)CCC(C)(F)C(F)(F)F.CCOC(=O)CNC.ClCCl.ClCCl.[Cl-].[Na+].[Na+].[OH-]. The molecule has 0 aliphatic rings. The first kappa shape index (κ1) is 107. The fourth-order valence-corrected chi connectivity index (χ4v) is 6.75. The number of rotatable bonds is 22. The second-order valence-corrected chi connectivity index (χ2v) is 23.1. The van der Waals surface area contributed by atoms with Gasteiger partial charge in [-0.1, -0.05) is 6.92 Å². The molecule has 0 fully saturated rings. The normalized spacial score (nSPS) is 13.0. The number of likely N-dealkylation sites (N-methyl/N-ethyl adjacent to an activating group) is 1. The number of aliphatic carboxylic acids is 1. The Labute approximate surface area is 524 Å². The summed E-state index contributed by atoms with van der Waals surface area (Å²) in [4.78, 5) is 41.7. The Hall–Kier alpha value is 0.510. The predicted octanol–water partition coefficient (Wildman–Crippen LogP) is -0.712. The Morgan fingerprint density at radius 1 is 0.526 bits per heavy atom. The summed E-state index contributed by atoms with van der Waals surface area (Å²) in [5.41, 5.74) is -10.7. The van der Waals surface area contributed by atoms with Crippen LogP contribution in [0.15, 0.2) is 0 Å². The summed E-state index contributed by atoms with van der Waals surface area (Å²) in [6.45, 7) is 11.1. The molecule has 0 radical (unpaired) electrons. The summed E-state index contributed by atoms with van der Waals surface area (Å²) in [5, 5.41) is 20.6. The number of hydrogen-bond acceptors (Lipinski definition) is 17. The van der Waals surface area contributed by atoms with Crippen molar-refractivity contribution in [1.29, 1.82) is 0 Å². The maximum atomic E-state index is 13.2. The Morgan fingerprint density at radius 2 is 0.769 bits per heavy atom. The predicted molar refractivity (Wildman–Crippen MR) is 258 cm³/mol. The number of sulfone groups is 2. The fraction of sp³-hybridized carbons (Fsp3) is 0.895. The van der Waals surface area contributed by atoms with Crippen LogP contribution in [0.3, 0.4) is 0 Å². The Kier molecular flexibility index (Phi) is 77.4. The van der Waals surface area contributed by atoms with Crippen molar-refractivity contribution in [2.24, 2.45) is 0 Å². The maximum absolute atomic E-state index is 13.2. The van der Waals surface area contributed by atoms with E-state index in [1.54, 1.807) is 20.9 Å². The average molecular weight is 1380 g/mol. The second-order valence-electron chi connectivity index (χ2n) is 14.0. The zero-order valence-electron chi connectivity index (χ0n) is 44.6. The molecular weight excluding hydrogens is 1310 g/mol. The van der Waals surface area contributed by atoms with Gasteiger partial charge in [-0.15, -0.1) is 46.4 Å². The van der Waals surface area contributed by atoms with Crippen LogP contribution >= 0.6 is 57.1 Å². The fourth-order valence-electron chi connectivity index (χ4n) is 3.14. The summed E-state index contributed by atoms with van der Waals surface area (Å²) >= 11 is 19.1. The Bertz CT molecular complexity index is 1780. The van der Waals surface area contributed by atoms with E-state index in [0.29, 0.717) is 26.2 Å². The van der Waals surface area contributed by atoms with Gasteiger partial charge in [0.15, 0.2) is 19.7 Å². The molecule has 468 valence electrons. The van der Waals surface area contributed by atoms with Crippen LogP contribution in [-0.2, 0) is 62.1 Å². The van der Waals surface area contributed by atoms with Crippen molar-refractivity contribution in [3.63, 3.8) is 0 Å². The van der Waals surface area contributed by atoms with Crippen molar-refractivity contribution in [2.45, 2.75) is 136 Å². The zero-order chi connectivity index (χ0) is 61.1. The van der Waals surface area contributed by atoms with Gasteiger partial charge in [-0.25, -0.2) is 38.4 Å². The largest absolute Gasteiger partial charge is 1.00 e. The molecule has 0 bridgehead atoms. The number of halogens is 18. The van der Waals surface area contributed by atoms with Crippen LogP contribution in [-0.4, -0.2) is 175 Å². The van der Waals surface area contributed by atoms with Crippen molar-refractivity contribution >= 4 is 110 Å². The van der Waals surface area contributed by atoms with E-state index in [2.05, 4.69) is 30.2 Å². The third-order valence-corrected chi connectivity index (χ3v) is 11.7. The van der Waals surface area contributed by atoms with Gasteiger partial charge in [0, 0.05) is 55.4 Å². The van der Waals surface area contributed by atoms with Crippen molar-refractivity contribution in [3.8, 4) is 0 Å². The minimum atomic E-state index is -5.16. The van der Waals surface area contributed by atoms with E-state index in [-0.39, 0.29) is 134 Å². The Balaban J connectivity index is -0.0000000681. The molecule has 3 N–H and O–H groups in total. The van der Waals surface area contributed by atoms with Gasteiger partial charge in [-0.3, -0.25) is 14.4 Å². The van der Waals surface area contributed by atoms with E-state index >= 15 is 0 Å². The standard InChI is InChI=1S/C10H16F4O4S.C8H12F4O4S.C6H12O2.C5H7ClF4O2S.C5H11NO2.C2H6O.2CH2Cl2.ClH.2Na.H2O/c1-3-18-8(15)4-6-19(16,17)7-5-9(2,11)10(12,13)14;1-7(9,8(10,11)12)3-5-17(15,16)4-2-6(13)14;1-3-5-6(7)8-4-2;1-4(7,5(8,9)10)2-3-13(6,11)12;1-3-8-5(7)4-6-2;1-2-3;2*2-1-3;;;;/h3-7H2,1-2H3;2-5H2,1H3,(H,13,14);3-5H2,1-2H3;2-3H2,1H3;6H,3-4H2,1-2H3;3H,2H2,1H3;2*1H2;1H;;;1H2/q;;;;;;;;;2*+1;/p-3. The van der Waals surface area contributed by atoms with E-state index in [4.69, 9.17) is 51.5 Å². The van der Waals surface area contributed by atoms with Crippen LogP contribution in [0.25, 0.3) is 0 Å². The second kappa shape index (κ2) is 56.6. The molecule has 0 aromatic heterocycles. The summed E-state index contributed by atoms with van der Waals surface area (Å²) in [6, 6.07) is 0. The minimum absolute atomic E-state index is 0. The number of ether oxygens (including phenoxy) is 3. The molecule has 0 heterocycles. The van der Waals surface area contributed by atoms with Gasteiger partial charge in [-0.2, -0.15) is 39.5 Å². The molecule has 78 heavy (non-hydrogen) atoms. The molecule has 3 atom stereocenters. The van der Waals surface area contributed by atoms with Gasteiger partial charge in [0.25, 0.3) is 0 Å². The third-order valence-electron chi connectivity index (χ3n) is 7.28. The molecule has 0 aromatic rings. The van der Waals surface area contributed by atoms with Crippen LogP contribution in [0.1, 0.15) is 100 Å². The average Bonchev–Trinajstić information content (AvgIpc) is 3.21. The van der Waals surface area contributed by atoms with E-state index in [0.717, 1.165) is 6.42 Å². The van der Waals surface area contributed by atoms with E-state index in [9.17, 15) is 102 Å². The number of nitrogens with one attached hydrogen (secondary N) is 1. The smallest absolute Gasteiger partial charge is 1.00 e. The number of carbonyl (C=O) groups is 4. The molecule has 0 aromatic carbocycles. The van der Waals surface area contributed by atoms with Crippen molar-refractivity contribution in [1.82, 2.24) is 5.32 Å². The van der Waals surface area contributed by atoms with Crippen LogP contribution in [0.2, 0.25) is 0 Å². The van der Waals surface area contributed by atoms with Gasteiger partial charge in [0.2, 0.25) is 26.1 Å². The molecular formula is C38H68Cl6F12NNa2O16S3-. The number of alkyl halides is 16. The summed E-state index contributed by atoms with van der Waals surface area (Å²) in [7, 11) is -5.71. The van der Waals surface area contributed by atoms with E-state index in [1.807, 2.05) is 13.8 Å². The molecule has 0 spiro atoms. The molecule has 0 rings (SSSR count). The van der Waals surface area contributed by atoms with Gasteiger partial charge in [0.1, 0.15) is 0 Å². The summed E-state index contributed by atoms with van der Waals surface area (Å²) < 4.78 is 226. The number of carboxylic acid groups (broad SMARTS) is 1. The van der Waals surface area contributed by atoms with Crippen LogP contribution in [0.4, 0.5) is 52.7 Å². The molecule has 0 aliphatic carbocycles. The number of carbonyl (C=O) groups excluding carboxylic acids is 4. The monoisotopic (exact) mass is 1370 g/mol. The van der Waals surface area contributed by atoms with Gasteiger partial charge >= 0.3 is 95.6 Å². The molecule has 0 amide bonds. The van der Waals surface area contributed by atoms with E-state index < -0.39 is 137 Å².